The van der Waals surface area contributed by atoms with E-state index >= 15 is 0 Å². The van der Waals surface area contributed by atoms with Gasteiger partial charge in [-0.3, -0.25) is 0 Å². The summed E-state index contributed by atoms with van der Waals surface area (Å²) in [5.74, 6) is 0. The fourth-order valence-corrected chi connectivity index (χ4v) is 0. The van der Waals surface area contributed by atoms with Crippen LogP contribution in [-0.2, 0) is 54.6 Å². The summed E-state index contributed by atoms with van der Waals surface area (Å²) in [6.07, 6.45) is 0. The summed E-state index contributed by atoms with van der Waals surface area (Å²) in [6, 6.07) is 0. The Labute approximate surface area is 110 Å². The van der Waals surface area contributed by atoms with Crippen LogP contribution in [0, 0.1) is 0 Å². The molecule has 0 rings (SSSR count). The van der Waals surface area contributed by atoms with Crippen molar-refractivity contribution >= 4 is 26.2 Å². The third-order valence-electron chi connectivity index (χ3n) is 0. The maximum atomic E-state index is 0. The van der Waals surface area contributed by atoms with Crippen molar-refractivity contribution in [1.82, 2.24) is 0 Å². The molecule has 5 heavy (non-hydrogen) atoms. The second-order valence-electron chi connectivity index (χ2n) is 0. The maximum absolute atomic E-state index is 0. The topological polar surface area (TPSA) is 0 Å². The second kappa shape index (κ2) is 25.6. The molecule has 0 saturated carbocycles. The predicted molar refractivity (Wildman–Crippen MR) is 11.1 cm³/mol. The standard InChI is InChI=1S/Bi.Fe.Mo.Na.Ni.4H/q;;;+1;;;;;-1. The molecule has 5 heteroatoms. The van der Waals surface area contributed by atoms with Gasteiger partial charge in [0.25, 0.3) is 0 Å². The number of hydrogen-bond donors (Lipinski definition) is 0. The van der Waals surface area contributed by atoms with E-state index in [1.54, 1.807) is 0 Å². The minimum absolute atomic E-state index is 0. The maximum Gasteiger partial charge on any atom is 1.00 e. The molecule has 0 N–H and O–H groups in total. The van der Waals surface area contributed by atoms with E-state index in [4.69, 9.17) is 0 Å². The van der Waals surface area contributed by atoms with Crippen molar-refractivity contribution in [3.8, 4) is 0 Å². The zero-order valence-electron chi connectivity index (χ0n) is 3.79. The fourth-order valence-electron chi connectivity index (χ4n) is 0. The summed E-state index contributed by atoms with van der Waals surface area (Å²) < 4.78 is 0. The molecule has 34 valence electrons. The van der Waals surface area contributed by atoms with Crippen LogP contribution >= 0.6 is 0 Å². The van der Waals surface area contributed by atoms with Crippen LogP contribution in [0.5, 0.6) is 0 Å². The van der Waals surface area contributed by atoms with E-state index in [1.807, 2.05) is 0 Å². The monoisotopic (exact) mass is 448 g/mol. The van der Waals surface area contributed by atoms with Gasteiger partial charge in [0.1, 0.15) is 0 Å². The molecule has 0 aliphatic carbocycles. The molecule has 0 nitrogen and oxygen atoms in total. The van der Waals surface area contributed by atoms with Crippen molar-refractivity contribution in [2.45, 2.75) is 0 Å². The molecule has 0 aromatic rings. The molecule has 0 aliphatic rings. The summed E-state index contributed by atoms with van der Waals surface area (Å²) in [5.41, 5.74) is 0. The summed E-state index contributed by atoms with van der Waals surface area (Å²) in [5, 5.41) is 0. The third-order valence-corrected chi connectivity index (χ3v) is 0. The predicted octanol–water partition coefficient (Wildman–Crippen LogP) is -4.07. The van der Waals surface area contributed by atoms with Gasteiger partial charge in [0.15, 0.2) is 0 Å². The van der Waals surface area contributed by atoms with Crippen LogP contribution in [0.2, 0.25) is 0 Å². The van der Waals surface area contributed by atoms with Crippen molar-refractivity contribution in [2.75, 3.05) is 0 Å². The Balaban J connectivity index is 0. The molecule has 0 unspecified atom stereocenters. The number of rotatable bonds is 0. The minimum atomic E-state index is 0. The minimum Gasteiger partial charge on any atom is -1.00 e. The third kappa shape index (κ3) is 18.4. The Morgan fingerprint density at radius 1 is 1.20 bits per heavy atom. The molecular formula is H4BiFeMoNaNi. The van der Waals surface area contributed by atoms with Gasteiger partial charge in [-0.1, -0.05) is 0 Å². The zero-order chi connectivity index (χ0) is 0. The molecule has 0 aromatic heterocycles. The Hall–Kier alpha value is 3.58. The van der Waals surface area contributed by atoms with Gasteiger partial charge in [-0.2, -0.15) is 0 Å². The Morgan fingerprint density at radius 3 is 1.20 bits per heavy atom. The van der Waals surface area contributed by atoms with Crippen LogP contribution in [0.25, 0.3) is 0 Å². The average molecular weight is 446 g/mol. The summed E-state index contributed by atoms with van der Waals surface area (Å²) in [4.78, 5) is 0. The molecule has 0 spiro atoms. The smallest absolute Gasteiger partial charge is 1.00 e. The van der Waals surface area contributed by atoms with Gasteiger partial charge < -0.3 is 1.43 Å². The van der Waals surface area contributed by atoms with Crippen LogP contribution < -0.4 is 29.6 Å². The molecule has 0 fully saturated rings. The van der Waals surface area contributed by atoms with Gasteiger partial charge in [-0.25, -0.2) is 0 Å². The van der Waals surface area contributed by atoms with Crippen molar-refractivity contribution in [3.05, 3.63) is 0 Å². The molecule has 0 amide bonds. The molecule has 0 radical (unpaired) electrons. The SMILES string of the molecule is [BiH3].[Fe].[H-].[Mo].[Na+].[Ni]. The second-order valence-corrected chi connectivity index (χ2v) is 0. The van der Waals surface area contributed by atoms with E-state index in [-0.39, 0.29) is 112 Å². The summed E-state index contributed by atoms with van der Waals surface area (Å²) in [6.45, 7) is 0. The van der Waals surface area contributed by atoms with E-state index in [2.05, 4.69) is 0 Å². The van der Waals surface area contributed by atoms with E-state index in [0.717, 1.165) is 0 Å². The molecule has 0 heterocycles. The van der Waals surface area contributed by atoms with Crippen LogP contribution in [-0.4, -0.2) is 26.2 Å². The van der Waals surface area contributed by atoms with Crippen molar-refractivity contribution in [3.63, 3.8) is 0 Å². The Bertz CT molecular complexity index is 15.5. The average Bonchev–Trinajstić information content (AvgIpc) is 0. The fraction of sp³-hybridized carbons (Fsp3) is 0. The van der Waals surface area contributed by atoms with E-state index < -0.39 is 0 Å². The van der Waals surface area contributed by atoms with Crippen molar-refractivity contribution in [1.29, 1.82) is 0 Å². The van der Waals surface area contributed by atoms with E-state index in [0.29, 0.717) is 0 Å². The zero-order valence-corrected chi connectivity index (χ0v) is 14.4. The molecule has 0 saturated heterocycles. The molecule has 0 atom stereocenters. The van der Waals surface area contributed by atoms with Crippen molar-refractivity contribution < 1.29 is 85.6 Å². The molecule has 0 aromatic carbocycles. The first-order valence-corrected chi connectivity index (χ1v) is 0. The van der Waals surface area contributed by atoms with Gasteiger partial charge in [0.05, 0.1) is 0 Å². The van der Waals surface area contributed by atoms with E-state index in [1.165, 1.54) is 0 Å². The van der Waals surface area contributed by atoms with Gasteiger partial charge in [-0.05, 0) is 0 Å². The first-order valence-electron chi connectivity index (χ1n) is 0. The van der Waals surface area contributed by atoms with Crippen molar-refractivity contribution in [2.24, 2.45) is 0 Å². The Morgan fingerprint density at radius 2 is 1.20 bits per heavy atom. The first-order chi connectivity index (χ1) is 0. The van der Waals surface area contributed by atoms with Crippen LogP contribution in [0.3, 0.4) is 0 Å². The van der Waals surface area contributed by atoms with Gasteiger partial charge in [-0.15, -0.1) is 0 Å². The van der Waals surface area contributed by atoms with Gasteiger partial charge in [0.2, 0.25) is 0 Å². The first kappa shape index (κ1) is 38.4. The molecular weight excluding hydrogens is 442 g/mol. The summed E-state index contributed by atoms with van der Waals surface area (Å²) in [7, 11) is 0. The van der Waals surface area contributed by atoms with E-state index in [9.17, 15) is 0 Å². The normalized spacial score (nSPS) is 0. The van der Waals surface area contributed by atoms with Crippen LogP contribution in [0.1, 0.15) is 1.43 Å². The van der Waals surface area contributed by atoms with Gasteiger partial charge >= 0.3 is 55.8 Å². The van der Waals surface area contributed by atoms with Gasteiger partial charge in [0, 0.05) is 54.6 Å². The number of hydrogen-bond acceptors (Lipinski definition) is 0. The van der Waals surface area contributed by atoms with Crippen LogP contribution in [0.4, 0.5) is 0 Å². The summed E-state index contributed by atoms with van der Waals surface area (Å²) >= 11 is 0. The quantitative estimate of drug-likeness (QED) is 0.332. The molecule has 0 bridgehead atoms. The Kier molecular flexibility index (Phi) is 197. The molecule has 0 aliphatic heterocycles. The largest absolute Gasteiger partial charge is 1.00 e. The van der Waals surface area contributed by atoms with Crippen LogP contribution in [0.15, 0.2) is 0 Å².